The van der Waals surface area contributed by atoms with Crippen molar-refractivity contribution in [2.45, 2.75) is 22.6 Å². The van der Waals surface area contributed by atoms with Gasteiger partial charge in [-0.1, -0.05) is 0 Å². The molecule has 6 heteroatoms. The van der Waals surface area contributed by atoms with E-state index in [1.54, 1.807) is 16.8 Å². The van der Waals surface area contributed by atoms with Crippen molar-refractivity contribution in [1.82, 2.24) is 9.55 Å². The number of hydrogen-bond acceptors (Lipinski definition) is 4. The number of aliphatic hydroxyl groups excluding tert-OH is 1. The van der Waals surface area contributed by atoms with Gasteiger partial charge in [-0.3, -0.25) is 0 Å². The van der Waals surface area contributed by atoms with Gasteiger partial charge in [0.05, 0.1) is 0 Å². The summed E-state index contributed by atoms with van der Waals surface area (Å²) in [6, 6.07) is 1.64. The number of aromatic nitrogens is 2. The van der Waals surface area contributed by atoms with Crippen LogP contribution in [0.3, 0.4) is 0 Å². The third-order valence-electron chi connectivity index (χ3n) is 2.45. The SMILES string of the molecule is Nc1ccn([C@@H]2CC[C@H](CO)[Se]2)c(=O)n1. The van der Waals surface area contributed by atoms with E-state index in [-0.39, 0.29) is 38.0 Å². The Hall–Kier alpha value is -0.841. The molecule has 5 nitrogen and oxygen atoms in total. The second kappa shape index (κ2) is 4.35. The predicted octanol–water partition coefficient (Wildman–Crippen LogP) is -0.397. The first-order valence-corrected chi connectivity index (χ1v) is 6.79. The molecule has 15 heavy (non-hydrogen) atoms. The van der Waals surface area contributed by atoms with Gasteiger partial charge in [0.25, 0.3) is 0 Å². The van der Waals surface area contributed by atoms with E-state index in [0.29, 0.717) is 4.82 Å². The zero-order chi connectivity index (χ0) is 10.8. The summed E-state index contributed by atoms with van der Waals surface area (Å²) in [4.78, 5) is 15.9. The maximum atomic E-state index is 11.5. The zero-order valence-electron chi connectivity index (χ0n) is 8.17. The fourth-order valence-corrected chi connectivity index (χ4v) is 4.54. The van der Waals surface area contributed by atoms with Gasteiger partial charge in [0.15, 0.2) is 0 Å². The molecular formula is C9H13N3O2Se. The Kier molecular flexibility index (Phi) is 3.09. The Labute approximate surface area is 93.5 Å². The summed E-state index contributed by atoms with van der Waals surface area (Å²) in [5, 5.41) is 9.04. The molecule has 1 aliphatic heterocycles. The van der Waals surface area contributed by atoms with E-state index in [4.69, 9.17) is 10.8 Å². The Morgan fingerprint density at radius 3 is 3.07 bits per heavy atom. The molecule has 1 saturated heterocycles. The van der Waals surface area contributed by atoms with Gasteiger partial charge in [-0.05, 0) is 0 Å². The van der Waals surface area contributed by atoms with E-state index < -0.39 is 0 Å². The van der Waals surface area contributed by atoms with Crippen LogP contribution in [0.25, 0.3) is 0 Å². The van der Waals surface area contributed by atoms with Crippen LogP contribution in [0.1, 0.15) is 17.8 Å². The number of nitrogens with zero attached hydrogens (tertiary/aromatic N) is 2. The van der Waals surface area contributed by atoms with Crippen LogP contribution >= 0.6 is 0 Å². The van der Waals surface area contributed by atoms with Crippen LogP contribution in [-0.2, 0) is 0 Å². The van der Waals surface area contributed by atoms with Crippen LogP contribution in [0.2, 0.25) is 4.82 Å². The summed E-state index contributed by atoms with van der Waals surface area (Å²) in [5.41, 5.74) is 5.14. The molecule has 1 aromatic heterocycles. The van der Waals surface area contributed by atoms with Crippen molar-refractivity contribution in [2.75, 3.05) is 12.3 Å². The molecule has 0 aliphatic carbocycles. The number of nitrogens with two attached hydrogens (primary N) is 1. The molecule has 2 rings (SSSR count). The topological polar surface area (TPSA) is 81.1 Å². The van der Waals surface area contributed by atoms with Crippen LogP contribution in [0, 0.1) is 0 Å². The second-order valence-corrected chi connectivity index (χ2v) is 6.63. The summed E-state index contributed by atoms with van der Waals surface area (Å²) in [5.74, 6) is 0.264. The summed E-state index contributed by atoms with van der Waals surface area (Å²) in [6.07, 6.45) is 3.66. The van der Waals surface area contributed by atoms with E-state index in [9.17, 15) is 4.79 Å². The minimum atomic E-state index is -0.277. The van der Waals surface area contributed by atoms with Crippen molar-refractivity contribution in [3.63, 3.8) is 0 Å². The number of rotatable bonds is 2. The van der Waals surface area contributed by atoms with Crippen molar-refractivity contribution in [3.05, 3.63) is 22.7 Å². The van der Waals surface area contributed by atoms with Gasteiger partial charge in [0.1, 0.15) is 0 Å². The molecule has 0 radical (unpaired) electrons. The molecule has 3 N–H and O–H groups in total. The quantitative estimate of drug-likeness (QED) is 0.719. The summed E-state index contributed by atoms with van der Waals surface area (Å²) >= 11 is 0.274. The molecule has 0 amide bonds. The fraction of sp³-hybridized carbons (Fsp3) is 0.556. The van der Waals surface area contributed by atoms with E-state index in [1.165, 1.54) is 0 Å². The van der Waals surface area contributed by atoms with E-state index in [0.717, 1.165) is 12.8 Å². The van der Waals surface area contributed by atoms with Gasteiger partial charge in [0.2, 0.25) is 0 Å². The summed E-state index contributed by atoms with van der Waals surface area (Å²) in [6.45, 7) is 0.230. The molecule has 2 atom stereocenters. The Balaban J connectivity index is 2.20. The number of anilines is 1. The summed E-state index contributed by atoms with van der Waals surface area (Å²) < 4.78 is 1.64. The molecule has 0 saturated carbocycles. The third kappa shape index (κ3) is 2.22. The first-order valence-electron chi connectivity index (χ1n) is 4.81. The van der Waals surface area contributed by atoms with Crippen LogP contribution < -0.4 is 11.4 Å². The first-order chi connectivity index (χ1) is 7.20. The monoisotopic (exact) mass is 275 g/mol. The van der Waals surface area contributed by atoms with Crippen LogP contribution in [0.15, 0.2) is 17.1 Å². The zero-order valence-corrected chi connectivity index (χ0v) is 9.88. The van der Waals surface area contributed by atoms with Crippen molar-refractivity contribution in [3.8, 4) is 0 Å². The molecule has 82 valence electrons. The molecular weight excluding hydrogens is 261 g/mol. The first kappa shape index (κ1) is 10.7. The van der Waals surface area contributed by atoms with Gasteiger partial charge in [0, 0.05) is 0 Å². The van der Waals surface area contributed by atoms with Gasteiger partial charge in [-0.15, -0.1) is 0 Å². The number of aliphatic hydroxyl groups is 1. The average molecular weight is 274 g/mol. The minimum absolute atomic E-state index is 0.230. The summed E-state index contributed by atoms with van der Waals surface area (Å²) in [7, 11) is 0. The average Bonchev–Trinajstić information content (AvgIpc) is 2.66. The number of nitrogen functional groups attached to an aromatic ring is 1. The number of hydrogen-bond donors (Lipinski definition) is 2. The molecule has 0 bridgehead atoms. The molecule has 2 heterocycles. The van der Waals surface area contributed by atoms with Crippen molar-refractivity contribution >= 4 is 20.8 Å². The molecule has 0 aromatic carbocycles. The third-order valence-corrected chi connectivity index (χ3v) is 5.70. The predicted molar refractivity (Wildman–Crippen MR) is 57.8 cm³/mol. The van der Waals surface area contributed by atoms with Gasteiger partial charge in [-0.2, -0.15) is 0 Å². The maximum absolute atomic E-state index is 11.5. The Morgan fingerprint density at radius 1 is 1.67 bits per heavy atom. The van der Waals surface area contributed by atoms with Crippen LogP contribution in [0.5, 0.6) is 0 Å². The normalized spacial score (nSPS) is 25.7. The van der Waals surface area contributed by atoms with E-state index >= 15 is 0 Å². The fourth-order valence-electron chi connectivity index (χ4n) is 1.67. The second-order valence-electron chi connectivity index (χ2n) is 3.51. The van der Waals surface area contributed by atoms with E-state index in [2.05, 4.69) is 4.98 Å². The van der Waals surface area contributed by atoms with Crippen molar-refractivity contribution in [1.29, 1.82) is 0 Å². The standard InChI is InChI=1S/C9H13N3O2Se/c10-7-3-4-12(9(14)11-7)8-2-1-6(5-13)15-8/h3-4,6,8,13H,1-2,5H2,(H2,10,11,14)/t6-,8+/m1/s1. The van der Waals surface area contributed by atoms with Crippen molar-refractivity contribution in [2.24, 2.45) is 0 Å². The Bertz CT molecular complexity index is 407. The molecule has 0 spiro atoms. The van der Waals surface area contributed by atoms with Gasteiger partial charge >= 0.3 is 93.1 Å². The molecule has 0 unspecified atom stereocenters. The Morgan fingerprint density at radius 2 is 2.47 bits per heavy atom. The molecule has 1 aliphatic rings. The van der Waals surface area contributed by atoms with E-state index in [1.807, 2.05) is 0 Å². The van der Waals surface area contributed by atoms with Gasteiger partial charge < -0.3 is 0 Å². The van der Waals surface area contributed by atoms with Gasteiger partial charge in [-0.25, -0.2) is 0 Å². The van der Waals surface area contributed by atoms with Crippen LogP contribution in [0.4, 0.5) is 5.82 Å². The van der Waals surface area contributed by atoms with Crippen LogP contribution in [-0.4, -0.2) is 36.2 Å². The molecule has 1 aromatic rings. The van der Waals surface area contributed by atoms with Crippen molar-refractivity contribution < 1.29 is 5.11 Å². The molecule has 1 fully saturated rings.